The van der Waals surface area contributed by atoms with E-state index in [1.165, 1.54) is 10.9 Å². The summed E-state index contributed by atoms with van der Waals surface area (Å²) in [6.07, 6.45) is 1.02. The molecule has 0 aliphatic heterocycles. The molecule has 0 unspecified atom stereocenters. The van der Waals surface area contributed by atoms with E-state index in [1.807, 2.05) is 12.1 Å². The molecule has 1 heterocycles. The van der Waals surface area contributed by atoms with Gasteiger partial charge in [0.1, 0.15) is 17.1 Å². The van der Waals surface area contributed by atoms with Gasteiger partial charge in [0.2, 0.25) is 0 Å². The molecule has 0 atom stereocenters. The van der Waals surface area contributed by atoms with Crippen LogP contribution in [0.5, 0.6) is 5.75 Å². The molecular formula is C18H27NO2. The quantitative estimate of drug-likeness (QED) is 0.791. The Balaban J connectivity index is 2.38. The van der Waals surface area contributed by atoms with Gasteiger partial charge in [0.15, 0.2) is 0 Å². The first-order valence-electron chi connectivity index (χ1n) is 7.94. The second kappa shape index (κ2) is 6.99. The lowest BCUT2D eigenvalue weighted by Gasteiger charge is -2.10. The fourth-order valence-corrected chi connectivity index (χ4v) is 2.52. The van der Waals surface area contributed by atoms with E-state index in [9.17, 15) is 0 Å². The van der Waals surface area contributed by atoms with Crippen molar-refractivity contribution in [2.45, 2.75) is 59.5 Å². The van der Waals surface area contributed by atoms with Crippen LogP contribution < -0.4 is 10.1 Å². The number of benzene rings is 1. The van der Waals surface area contributed by atoms with E-state index in [1.54, 1.807) is 0 Å². The van der Waals surface area contributed by atoms with E-state index in [0.717, 1.165) is 36.7 Å². The maximum atomic E-state index is 6.05. The highest BCUT2D eigenvalue weighted by atomic mass is 16.5. The predicted octanol–water partition coefficient (Wildman–Crippen LogP) is 4.84. The molecule has 0 aliphatic carbocycles. The third kappa shape index (κ3) is 3.79. The van der Waals surface area contributed by atoms with Gasteiger partial charge in [-0.1, -0.05) is 34.6 Å². The number of ether oxygens (including phenoxy) is 1. The van der Waals surface area contributed by atoms with Crippen LogP contribution in [0.25, 0.3) is 11.0 Å². The molecule has 1 N–H and O–H groups in total. The van der Waals surface area contributed by atoms with Gasteiger partial charge in [0.05, 0.1) is 13.2 Å². The number of hydrogen-bond donors (Lipinski definition) is 1. The highest BCUT2D eigenvalue weighted by Crippen LogP contribution is 2.34. The Hall–Kier alpha value is -1.48. The smallest absolute Gasteiger partial charge is 0.134 e. The third-order valence-corrected chi connectivity index (χ3v) is 3.50. The molecule has 0 radical (unpaired) electrons. The minimum absolute atomic E-state index is 0.427. The van der Waals surface area contributed by atoms with Gasteiger partial charge in [-0.25, -0.2) is 0 Å². The van der Waals surface area contributed by atoms with Gasteiger partial charge in [-0.2, -0.15) is 0 Å². The largest absolute Gasteiger partial charge is 0.494 e. The van der Waals surface area contributed by atoms with Gasteiger partial charge in [-0.05, 0) is 30.5 Å². The van der Waals surface area contributed by atoms with E-state index in [0.29, 0.717) is 12.0 Å². The Morgan fingerprint density at radius 3 is 2.57 bits per heavy atom. The zero-order chi connectivity index (χ0) is 15.4. The Morgan fingerprint density at radius 1 is 1.19 bits per heavy atom. The molecule has 0 saturated heterocycles. The van der Waals surface area contributed by atoms with Crippen molar-refractivity contribution in [1.29, 1.82) is 0 Å². The maximum Gasteiger partial charge on any atom is 0.134 e. The first kappa shape index (κ1) is 15.9. The lowest BCUT2D eigenvalue weighted by atomic mass is 9.99. The minimum Gasteiger partial charge on any atom is -0.494 e. The molecule has 0 saturated carbocycles. The number of furan rings is 1. The molecule has 0 bridgehead atoms. The molecule has 2 rings (SSSR count). The highest BCUT2D eigenvalue weighted by molar-refractivity contribution is 5.84. The van der Waals surface area contributed by atoms with Crippen molar-refractivity contribution in [1.82, 2.24) is 5.32 Å². The Kier molecular flexibility index (Phi) is 5.29. The van der Waals surface area contributed by atoms with Crippen LogP contribution in [0, 0.1) is 0 Å². The summed E-state index contributed by atoms with van der Waals surface area (Å²) in [5.74, 6) is 2.40. The Morgan fingerprint density at radius 2 is 1.95 bits per heavy atom. The van der Waals surface area contributed by atoms with E-state index in [-0.39, 0.29) is 0 Å². The fourth-order valence-electron chi connectivity index (χ4n) is 2.52. The van der Waals surface area contributed by atoms with Gasteiger partial charge in [-0.3, -0.25) is 0 Å². The average Bonchev–Trinajstić information content (AvgIpc) is 2.80. The second-order valence-electron chi connectivity index (χ2n) is 6.14. The summed E-state index contributed by atoms with van der Waals surface area (Å²) < 4.78 is 11.8. The average molecular weight is 289 g/mol. The Labute approximate surface area is 127 Å². The highest BCUT2D eigenvalue weighted by Gasteiger charge is 2.17. The van der Waals surface area contributed by atoms with Crippen molar-refractivity contribution in [3.05, 3.63) is 29.5 Å². The first-order chi connectivity index (χ1) is 10.0. The van der Waals surface area contributed by atoms with Crippen LogP contribution in [-0.4, -0.2) is 12.6 Å². The lowest BCUT2D eigenvalue weighted by molar-refractivity contribution is 0.318. The number of hydrogen-bond acceptors (Lipinski definition) is 3. The van der Waals surface area contributed by atoms with Crippen LogP contribution in [0.1, 0.15) is 58.3 Å². The van der Waals surface area contributed by atoms with Crippen LogP contribution in [0.2, 0.25) is 0 Å². The molecule has 0 fully saturated rings. The molecule has 21 heavy (non-hydrogen) atoms. The van der Waals surface area contributed by atoms with Crippen LogP contribution in [0.4, 0.5) is 0 Å². The van der Waals surface area contributed by atoms with Crippen molar-refractivity contribution in [3.63, 3.8) is 0 Å². The second-order valence-corrected chi connectivity index (χ2v) is 6.14. The van der Waals surface area contributed by atoms with E-state index in [2.05, 4.69) is 46.0 Å². The molecule has 116 valence electrons. The molecule has 1 aromatic carbocycles. The number of rotatable bonds is 7. The van der Waals surface area contributed by atoms with Crippen LogP contribution in [0.3, 0.4) is 0 Å². The predicted molar refractivity (Wildman–Crippen MR) is 88.1 cm³/mol. The van der Waals surface area contributed by atoms with Gasteiger partial charge >= 0.3 is 0 Å². The number of fused-ring (bicyclic) bond motifs is 1. The molecule has 0 aliphatic rings. The Bertz CT molecular complexity index is 584. The van der Waals surface area contributed by atoms with E-state index >= 15 is 0 Å². The van der Waals surface area contributed by atoms with Crippen LogP contribution >= 0.6 is 0 Å². The molecule has 0 spiro atoms. The topological polar surface area (TPSA) is 34.4 Å². The van der Waals surface area contributed by atoms with Gasteiger partial charge in [0.25, 0.3) is 0 Å². The molecule has 0 amide bonds. The SMILES string of the molecule is CCCOc1ccc2oc(CNC(C)C)c(C(C)C)c2c1. The molecular weight excluding hydrogens is 262 g/mol. The molecule has 2 aromatic rings. The number of nitrogens with one attached hydrogen (secondary N) is 1. The summed E-state index contributed by atoms with van der Waals surface area (Å²) >= 11 is 0. The monoisotopic (exact) mass is 289 g/mol. The van der Waals surface area contributed by atoms with Gasteiger partial charge in [-0.15, -0.1) is 0 Å². The van der Waals surface area contributed by atoms with E-state index < -0.39 is 0 Å². The van der Waals surface area contributed by atoms with Crippen LogP contribution in [0.15, 0.2) is 22.6 Å². The van der Waals surface area contributed by atoms with Crippen LogP contribution in [-0.2, 0) is 6.54 Å². The third-order valence-electron chi connectivity index (χ3n) is 3.50. The fraction of sp³-hybridized carbons (Fsp3) is 0.556. The zero-order valence-electron chi connectivity index (χ0n) is 13.8. The lowest BCUT2D eigenvalue weighted by Crippen LogP contribution is -2.22. The first-order valence-corrected chi connectivity index (χ1v) is 7.94. The van der Waals surface area contributed by atoms with Crippen molar-refractivity contribution >= 4 is 11.0 Å². The summed E-state index contributed by atoms with van der Waals surface area (Å²) in [6.45, 7) is 12.4. The molecule has 3 heteroatoms. The standard InChI is InChI=1S/C18H27NO2/c1-6-9-20-14-7-8-16-15(10-14)18(12(2)3)17(21-16)11-19-13(4)5/h7-8,10,12-13,19H,6,9,11H2,1-5H3. The van der Waals surface area contributed by atoms with Gasteiger partial charge in [0, 0.05) is 17.0 Å². The van der Waals surface area contributed by atoms with Crippen molar-refractivity contribution in [2.75, 3.05) is 6.61 Å². The molecule has 1 aromatic heterocycles. The summed E-state index contributed by atoms with van der Waals surface area (Å²) in [6, 6.07) is 6.57. The summed E-state index contributed by atoms with van der Waals surface area (Å²) in [5.41, 5.74) is 2.24. The maximum absolute atomic E-state index is 6.05. The van der Waals surface area contributed by atoms with Gasteiger partial charge < -0.3 is 14.5 Å². The van der Waals surface area contributed by atoms with Crippen molar-refractivity contribution in [2.24, 2.45) is 0 Å². The van der Waals surface area contributed by atoms with Crippen molar-refractivity contribution < 1.29 is 9.15 Å². The van der Waals surface area contributed by atoms with Crippen molar-refractivity contribution in [3.8, 4) is 5.75 Å². The summed E-state index contributed by atoms with van der Waals surface area (Å²) in [4.78, 5) is 0. The summed E-state index contributed by atoms with van der Waals surface area (Å²) in [5, 5.41) is 4.62. The normalized spacial score (nSPS) is 11.8. The van der Waals surface area contributed by atoms with E-state index in [4.69, 9.17) is 9.15 Å². The minimum atomic E-state index is 0.427. The molecule has 3 nitrogen and oxygen atoms in total. The zero-order valence-corrected chi connectivity index (χ0v) is 13.8. The summed E-state index contributed by atoms with van der Waals surface area (Å²) in [7, 11) is 0.